The number of carbonyl (C=O) groups is 3. The number of hydrogen-bond acceptors (Lipinski definition) is 5. The fourth-order valence-electron chi connectivity index (χ4n) is 4.68. The van der Waals surface area contributed by atoms with Gasteiger partial charge in [-0.25, -0.2) is 4.79 Å². The largest absolute Gasteiger partial charge is 0.281 e. The van der Waals surface area contributed by atoms with Crippen LogP contribution in [-0.2, 0) is 9.59 Å². The van der Waals surface area contributed by atoms with E-state index in [2.05, 4.69) is 11.9 Å². The van der Waals surface area contributed by atoms with E-state index in [1.807, 2.05) is 0 Å². The van der Waals surface area contributed by atoms with Crippen molar-refractivity contribution in [2.75, 3.05) is 0 Å². The number of unbranched alkanes of at least 4 members (excludes halogenated alkanes) is 17. The zero-order valence-corrected chi connectivity index (χ0v) is 31.4. The quantitative estimate of drug-likeness (QED) is 0.0372. The van der Waals surface area contributed by atoms with Crippen LogP contribution in [0.2, 0.25) is 0 Å². The van der Waals surface area contributed by atoms with Crippen LogP contribution in [0.25, 0.3) is 0 Å². The number of aliphatic imine (C=N–C) groups is 1. The van der Waals surface area contributed by atoms with Crippen LogP contribution < -0.4 is 0 Å². The second kappa shape index (κ2) is 31.5. The van der Waals surface area contributed by atoms with Gasteiger partial charge >= 0.3 is 0 Å². The summed E-state index contributed by atoms with van der Waals surface area (Å²) < 4.78 is 0. The number of halogens is 5. The van der Waals surface area contributed by atoms with Gasteiger partial charge in [-0.2, -0.15) is 4.99 Å². The van der Waals surface area contributed by atoms with E-state index in [1.165, 1.54) is 133 Å². The van der Waals surface area contributed by atoms with Crippen LogP contribution in [0.5, 0.6) is 0 Å². The Hall–Kier alpha value is -1.72. The number of benzene rings is 2. The minimum absolute atomic E-state index is 0.179. The summed E-state index contributed by atoms with van der Waals surface area (Å²) in [5.41, 5.74) is 1.90. The molecule has 0 fully saturated rings. The molecule has 2 aromatic rings. The lowest BCUT2D eigenvalue weighted by Crippen LogP contribution is -1.90. The number of alkyl halides is 2. The SMILES string of the molecule is CCCCCCCCCCCCCCCCCCCCC(=O)Cl.O=C(Cl)c1cccc(C(Cl)Cl)c1.O=C=Nc1ccc(C(=O)Cl)cc1. The highest BCUT2D eigenvalue weighted by Crippen LogP contribution is 2.25. The maximum absolute atomic E-state index is 10.7. The van der Waals surface area contributed by atoms with Gasteiger partial charge in [-0.15, -0.1) is 23.2 Å². The van der Waals surface area contributed by atoms with Crippen molar-refractivity contribution in [3.05, 3.63) is 65.2 Å². The molecule has 0 aromatic heterocycles. The number of nitrogens with zero attached hydrogens (tertiary/aromatic N) is 1. The van der Waals surface area contributed by atoms with Gasteiger partial charge in [0.05, 0.1) is 5.69 Å². The van der Waals surface area contributed by atoms with Crippen molar-refractivity contribution in [1.29, 1.82) is 0 Å². The van der Waals surface area contributed by atoms with Gasteiger partial charge in [0, 0.05) is 17.5 Å². The normalized spacial score (nSPS) is 10.3. The molecule has 2 rings (SSSR count). The molecule has 0 amide bonds. The first kappa shape index (κ1) is 45.3. The smallest absolute Gasteiger partial charge is 0.252 e. The topological polar surface area (TPSA) is 80.6 Å². The first-order chi connectivity index (χ1) is 22.6. The van der Waals surface area contributed by atoms with Gasteiger partial charge in [0.15, 0.2) is 0 Å². The number of isocyanates is 1. The number of carbonyl (C=O) groups excluding carboxylic acids is 4. The van der Waals surface area contributed by atoms with Gasteiger partial charge in [-0.1, -0.05) is 134 Å². The molecule has 0 aliphatic carbocycles. The van der Waals surface area contributed by atoms with E-state index in [-0.39, 0.29) is 5.24 Å². The molecule has 0 heterocycles. The second-order valence-electron chi connectivity index (χ2n) is 11.3. The van der Waals surface area contributed by atoms with Gasteiger partial charge in [0.1, 0.15) is 4.84 Å². The number of hydrogen-bond donors (Lipinski definition) is 0. The molecule has 0 spiro atoms. The number of rotatable bonds is 23. The fraction of sp³-hybridized carbons (Fsp3) is 0.568. The van der Waals surface area contributed by atoms with E-state index in [9.17, 15) is 19.2 Å². The maximum atomic E-state index is 10.7. The Morgan fingerprint density at radius 3 is 1.40 bits per heavy atom. The summed E-state index contributed by atoms with van der Waals surface area (Å²) in [6, 6.07) is 12.6. The predicted molar refractivity (Wildman–Crippen MR) is 200 cm³/mol. The summed E-state index contributed by atoms with van der Waals surface area (Å²) in [4.78, 5) is 44.4. The third kappa shape index (κ3) is 27.9. The Morgan fingerprint density at radius 1 is 0.617 bits per heavy atom. The zero-order valence-electron chi connectivity index (χ0n) is 27.6. The Balaban J connectivity index is 0.000000737. The minimum atomic E-state index is -0.624. The molecule has 0 N–H and O–H groups in total. The Bertz CT molecular complexity index is 1150. The summed E-state index contributed by atoms with van der Waals surface area (Å²) in [5.74, 6) is 0. The summed E-state index contributed by atoms with van der Waals surface area (Å²) >= 11 is 26.9. The summed E-state index contributed by atoms with van der Waals surface area (Å²) in [7, 11) is 0. The molecule has 2 aromatic carbocycles. The van der Waals surface area contributed by atoms with Crippen molar-refractivity contribution < 1.29 is 19.2 Å². The van der Waals surface area contributed by atoms with Crippen molar-refractivity contribution in [2.45, 2.75) is 134 Å². The van der Waals surface area contributed by atoms with Gasteiger partial charge in [-0.3, -0.25) is 14.4 Å². The Labute approximate surface area is 307 Å². The van der Waals surface area contributed by atoms with Crippen LogP contribution in [0.1, 0.15) is 160 Å². The van der Waals surface area contributed by atoms with Crippen molar-refractivity contribution >= 4 is 85.5 Å². The fourth-order valence-corrected chi connectivity index (χ4v) is 5.33. The van der Waals surface area contributed by atoms with E-state index in [1.54, 1.807) is 24.3 Å². The van der Waals surface area contributed by atoms with Crippen LogP contribution in [0.3, 0.4) is 0 Å². The lowest BCUT2D eigenvalue weighted by molar-refractivity contribution is -0.111. The molecule has 0 saturated heterocycles. The van der Waals surface area contributed by atoms with E-state index in [0.717, 1.165) is 12.8 Å². The summed E-state index contributed by atoms with van der Waals surface area (Å²) in [6.45, 7) is 2.28. The molecule has 0 unspecified atom stereocenters. The highest BCUT2D eigenvalue weighted by atomic mass is 35.5. The molecule has 0 radical (unpaired) electrons. The molecule has 0 aliphatic heterocycles. The van der Waals surface area contributed by atoms with E-state index in [4.69, 9.17) is 58.0 Å². The third-order valence-electron chi connectivity index (χ3n) is 7.36. The maximum Gasteiger partial charge on any atom is 0.252 e. The molecular weight excluding hydrogens is 700 g/mol. The zero-order chi connectivity index (χ0) is 35.1. The molecule has 5 nitrogen and oxygen atoms in total. The molecule has 262 valence electrons. The van der Waals surface area contributed by atoms with Crippen LogP contribution in [0.15, 0.2) is 53.5 Å². The van der Waals surface area contributed by atoms with Gasteiger partial charge in [-0.05, 0) is 77.1 Å². The standard InChI is InChI=1S/C21H41ClO.C8H5Cl3O.C8H4ClNO2/c1-2-3-4-5-6-7-8-9-10-11-12-13-14-15-16-17-18-19-20-21(22)23;9-7(10)5-2-1-3-6(4-5)8(11)12;9-8(12)6-1-3-7(4-2-6)10-5-11/h2-20H2,1H3;1-4,7H;1-4H. The van der Waals surface area contributed by atoms with E-state index in [0.29, 0.717) is 28.8 Å². The van der Waals surface area contributed by atoms with Gasteiger partial charge < -0.3 is 0 Å². The average molecular weight is 750 g/mol. The second-order valence-corrected chi connectivity index (χ2v) is 13.5. The predicted octanol–water partition coefficient (Wildman–Crippen LogP) is 13.8. The van der Waals surface area contributed by atoms with Crippen molar-refractivity contribution in [3.8, 4) is 0 Å². The van der Waals surface area contributed by atoms with Gasteiger partial charge in [0.2, 0.25) is 11.3 Å². The highest BCUT2D eigenvalue weighted by molar-refractivity contribution is 6.68. The van der Waals surface area contributed by atoms with E-state index < -0.39 is 15.3 Å². The van der Waals surface area contributed by atoms with Crippen LogP contribution in [-0.4, -0.2) is 21.8 Å². The van der Waals surface area contributed by atoms with Crippen LogP contribution >= 0.6 is 58.0 Å². The molecule has 0 aliphatic rings. The highest BCUT2D eigenvalue weighted by Gasteiger charge is 2.06. The summed E-state index contributed by atoms with van der Waals surface area (Å²) in [6.07, 6.45) is 26.7. The molecule has 0 saturated carbocycles. The molecular formula is C37H50Cl5NO4. The molecule has 0 bridgehead atoms. The first-order valence-corrected chi connectivity index (χ1v) is 18.8. The minimum Gasteiger partial charge on any atom is -0.281 e. The van der Waals surface area contributed by atoms with E-state index >= 15 is 0 Å². The molecule has 10 heteroatoms. The monoisotopic (exact) mass is 747 g/mol. The Kier molecular flexibility index (Phi) is 30.4. The van der Waals surface area contributed by atoms with Crippen molar-refractivity contribution in [2.24, 2.45) is 4.99 Å². The molecule has 47 heavy (non-hydrogen) atoms. The summed E-state index contributed by atoms with van der Waals surface area (Å²) in [5, 5.41) is -1.22. The van der Waals surface area contributed by atoms with Crippen LogP contribution in [0.4, 0.5) is 5.69 Å². The van der Waals surface area contributed by atoms with Crippen LogP contribution in [0, 0.1) is 0 Å². The van der Waals surface area contributed by atoms with Gasteiger partial charge in [0.25, 0.3) is 10.5 Å². The van der Waals surface area contributed by atoms with Crippen molar-refractivity contribution in [3.63, 3.8) is 0 Å². The third-order valence-corrected chi connectivity index (χ3v) is 8.49. The first-order valence-electron chi connectivity index (χ1n) is 16.8. The lowest BCUT2D eigenvalue weighted by Gasteiger charge is -2.03. The molecule has 0 atom stereocenters. The Morgan fingerprint density at radius 2 is 1.04 bits per heavy atom. The van der Waals surface area contributed by atoms with Crippen molar-refractivity contribution in [1.82, 2.24) is 0 Å². The lowest BCUT2D eigenvalue weighted by atomic mass is 10.0. The average Bonchev–Trinajstić information content (AvgIpc) is 3.05.